The normalized spacial score (nSPS) is 24.1. The van der Waals surface area contributed by atoms with Crippen LogP contribution in [0.5, 0.6) is 0 Å². The van der Waals surface area contributed by atoms with Crippen molar-refractivity contribution < 1.29 is 22.7 Å². The van der Waals surface area contributed by atoms with Gasteiger partial charge in [-0.2, -0.15) is 0 Å². The monoisotopic (exact) mass is 231 g/mol. The Bertz CT molecular complexity index is 489. The molecule has 1 fully saturated rings. The Labute approximate surface area is 85.8 Å². The van der Waals surface area contributed by atoms with E-state index in [1.165, 1.54) is 6.20 Å². The SMILES string of the molecule is O=C(O)c1ncc(C2CCS(=O)(=O)C2)o1. The maximum absolute atomic E-state index is 11.2. The minimum Gasteiger partial charge on any atom is -0.474 e. The van der Waals surface area contributed by atoms with Crippen molar-refractivity contribution >= 4 is 15.8 Å². The molecule has 6 nitrogen and oxygen atoms in total. The highest BCUT2D eigenvalue weighted by Gasteiger charge is 2.31. The number of hydrogen-bond donors (Lipinski definition) is 1. The average Bonchev–Trinajstić information content (AvgIpc) is 2.70. The van der Waals surface area contributed by atoms with Crippen LogP contribution in [0.15, 0.2) is 10.6 Å². The van der Waals surface area contributed by atoms with Crippen molar-refractivity contribution in [2.45, 2.75) is 12.3 Å². The van der Waals surface area contributed by atoms with Crippen LogP contribution in [0, 0.1) is 0 Å². The zero-order valence-corrected chi connectivity index (χ0v) is 8.53. The van der Waals surface area contributed by atoms with E-state index in [0.29, 0.717) is 12.2 Å². The Morgan fingerprint density at radius 3 is 2.80 bits per heavy atom. The topological polar surface area (TPSA) is 97.5 Å². The summed E-state index contributed by atoms with van der Waals surface area (Å²) in [5.41, 5.74) is 0. The van der Waals surface area contributed by atoms with E-state index in [1.807, 2.05) is 0 Å². The molecule has 82 valence electrons. The maximum atomic E-state index is 11.2. The zero-order chi connectivity index (χ0) is 11.1. The van der Waals surface area contributed by atoms with E-state index in [-0.39, 0.29) is 17.4 Å². The molecule has 0 bridgehead atoms. The van der Waals surface area contributed by atoms with Crippen molar-refractivity contribution in [1.82, 2.24) is 4.98 Å². The fourth-order valence-electron chi connectivity index (χ4n) is 1.59. The summed E-state index contributed by atoms with van der Waals surface area (Å²) in [6.07, 6.45) is 1.76. The summed E-state index contributed by atoms with van der Waals surface area (Å²) in [5.74, 6) is -1.41. The molecule has 1 aromatic heterocycles. The highest BCUT2D eigenvalue weighted by molar-refractivity contribution is 7.91. The van der Waals surface area contributed by atoms with Crippen LogP contribution in [0.3, 0.4) is 0 Å². The smallest absolute Gasteiger partial charge is 0.392 e. The summed E-state index contributed by atoms with van der Waals surface area (Å²) in [6.45, 7) is 0. The summed E-state index contributed by atoms with van der Waals surface area (Å²) < 4.78 is 27.3. The van der Waals surface area contributed by atoms with Crippen molar-refractivity contribution in [3.8, 4) is 0 Å². The van der Waals surface area contributed by atoms with Gasteiger partial charge in [-0.05, 0) is 6.42 Å². The van der Waals surface area contributed by atoms with Gasteiger partial charge < -0.3 is 9.52 Å². The van der Waals surface area contributed by atoms with Crippen LogP contribution in [0.25, 0.3) is 0 Å². The molecule has 1 aliphatic rings. The molecule has 1 unspecified atom stereocenters. The zero-order valence-electron chi connectivity index (χ0n) is 7.71. The third-order valence-electron chi connectivity index (χ3n) is 2.34. The van der Waals surface area contributed by atoms with Crippen LogP contribution in [0.2, 0.25) is 0 Å². The lowest BCUT2D eigenvalue weighted by molar-refractivity contribution is 0.0651. The quantitative estimate of drug-likeness (QED) is 0.784. The number of carbonyl (C=O) groups is 1. The van der Waals surface area contributed by atoms with E-state index in [0.717, 1.165) is 0 Å². The lowest BCUT2D eigenvalue weighted by atomic mass is 10.1. The Morgan fingerprint density at radius 2 is 2.33 bits per heavy atom. The molecule has 0 saturated carbocycles. The number of aromatic nitrogens is 1. The number of carboxylic acid groups (broad SMARTS) is 1. The second-order valence-electron chi connectivity index (χ2n) is 3.47. The van der Waals surface area contributed by atoms with Gasteiger partial charge in [0.05, 0.1) is 17.7 Å². The van der Waals surface area contributed by atoms with E-state index >= 15 is 0 Å². The first-order chi connectivity index (χ1) is 6.98. The molecule has 1 atom stereocenters. The number of rotatable bonds is 2. The number of nitrogens with zero attached hydrogens (tertiary/aromatic N) is 1. The molecule has 2 heterocycles. The molecule has 0 spiro atoms. The first-order valence-electron chi connectivity index (χ1n) is 4.37. The maximum Gasteiger partial charge on any atom is 0.392 e. The Hall–Kier alpha value is -1.37. The third-order valence-corrected chi connectivity index (χ3v) is 4.11. The van der Waals surface area contributed by atoms with Crippen molar-refractivity contribution in [2.75, 3.05) is 11.5 Å². The minimum absolute atomic E-state index is 0.0151. The lowest BCUT2D eigenvalue weighted by Gasteiger charge is -2.00. The molecule has 1 N–H and O–H groups in total. The van der Waals surface area contributed by atoms with Gasteiger partial charge in [-0.15, -0.1) is 0 Å². The minimum atomic E-state index is -2.99. The molecule has 1 aromatic rings. The average molecular weight is 231 g/mol. The summed E-state index contributed by atoms with van der Waals surface area (Å²) >= 11 is 0. The Kier molecular flexibility index (Phi) is 2.26. The second-order valence-corrected chi connectivity index (χ2v) is 5.70. The fraction of sp³-hybridized carbons (Fsp3) is 0.500. The summed E-state index contributed by atoms with van der Waals surface area (Å²) in [7, 11) is -2.99. The number of aromatic carboxylic acids is 1. The van der Waals surface area contributed by atoms with Crippen LogP contribution in [-0.2, 0) is 9.84 Å². The Balaban J connectivity index is 2.21. The van der Waals surface area contributed by atoms with Crippen LogP contribution in [0.1, 0.15) is 28.8 Å². The molecule has 0 aromatic carbocycles. The number of oxazole rings is 1. The van der Waals surface area contributed by atoms with Crippen molar-refractivity contribution in [3.05, 3.63) is 17.8 Å². The fourth-order valence-corrected chi connectivity index (χ4v) is 3.35. The first kappa shape index (κ1) is 10.2. The van der Waals surface area contributed by atoms with Gasteiger partial charge >= 0.3 is 11.9 Å². The van der Waals surface area contributed by atoms with E-state index in [1.54, 1.807) is 0 Å². The molecule has 15 heavy (non-hydrogen) atoms. The van der Waals surface area contributed by atoms with Crippen LogP contribution >= 0.6 is 0 Å². The first-order valence-corrected chi connectivity index (χ1v) is 6.19. The molecule has 1 aliphatic heterocycles. The van der Waals surface area contributed by atoms with E-state index in [9.17, 15) is 13.2 Å². The standard InChI is InChI=1S/C8H9NO5S/c10-8(11)7-9-3-6(14-7)5-1-2-15(12,13)4-5/h3,5H,1-2,4H2,(H,10,11). The van der Waals surface area contributed by atoms with Crippen molar-refractivity contribution in [1.29, 1.82) is 0 Å². The summed E-state index contributed by atoms with van der Waals surface area (Å²) in [5, 5.41) is 8.57. The van der Waals surface area contributed by atoms with Gasteiger partial charge in [0.1, 0.15) is 5.76 Å². The molecule has 0 radical (unpaired) electrons. The molecule has 0 amide bonds. The van der Waals surface area contributed by atoms with Gasteiger partial charge in [-0.3, -0.25) is 0 Å². The Morgan fingerprint density at radius 1 is 1.60 bits per heavy atom. The van der Waals surface area contributed by atoms with Gasteiger partial charge in [0, 0.05) is 5.92 Å². The van der Waals surface area contributed by atoms with Crippen molar-refractivity contribution in [3.63, 3.8) is 0 Å². The highest BCUT2D eigenvalue weighted by Crippen LogP contribution is 2.29. The number of sulfone groups is 1. The molecular formula is C8H9NO5S. The molecular weight excluding hydrogens is 222 g/mol. The molecule has 7 heteroatoms. The van der Waals surface area contributed by atoms with Gasteiger partial charge in [-0.1, -0.05) is 0 Å². The molecule has 1 saturated heterocycles. The van der Waals surface area contributed by atoms with Crippen LogP contribution in [-0.4, -0.2) is 36.0 Å². The van der Waals surface area contributed by atoms with E-state index in [4.69, 9.17) is 9.52 Å². The van der Waals surface area contributed by atoms with Gasteiger partial charge in [0.25, 0.3) is 0 Å². The van der Waals surface area contributed by atoms with Crippen molar-refractivity contribution in [2.24, 2.45) is 0 Å². The third kappa shape index (κ3) is 2.01. The summed E-state index contributed by atoms with van der Waals surface area (Å²) in [4.78, 5) is 14.0. The van der Waals surface area contributed by atoms with Gasteiger partial charge in [0.15, 0.2) is 9.84 Å². The van der Waals surface area contributed by atoms with Gasteiger partial charge in [0.2, 0.25) is 0 Å². The number of hydrogen-bond acceptors (Lipinski definition) is 5. The molecule has 2 rings (SSSR count). The predicted molar refractivity (Wildman–Crippen MR) is 49.5 cm³/mol. The van der Waals surface area contributed by atoms with Crippen LogP contribution in [0.4, 0.5) is 0 Å². The molecule has 0 aliphatic carbocycles. The van der Waals surface area contributed by atoms with E-state index < -0.39 is 21.7 Å². The second kappa shape index (κ2) is 3.34. The number of carboxylic acids is 1. The largest absolute Gasteiger partial charge is 0.474 e. The predicted octanol–water partition coefficient (Wildman–Crippen LogP) is 0.275. The van der Waals surface area contributed by atoms with Gasteiger partial charge in [-0.25, -0.2) is 18.2 Å². The summed E-state index contributed by atoms with van der Waals surface area (Å²) in [6, 6.07) is 0. The highest BCUT2D eigenvalue weighted by atomic mass is 32.2. The van der Waals surface area contributed by atoms with Crippen LogP contribution < -0.4 is 0 Å². The lowest BCUT2D eigenvalue weighted by Crippen LogP contribution is -2.03. The van der Waals surface area contributed by atoms with E-state index in [2.05, 4.69) is 4.98 Å².